The van der Waals surface area contributed by atoms with Gasteiger partial charge in [-0.3, -0.25) is 0 Å². The van der Waals surface area contributed by atoms with Crippen molar-refractivity contribution in [2.45, 2.75) is 43.0 Å². The zero-order valence-corrected chi connectivity index (χ0v) is 13.9. The molecule has 0 unspecified atom stereocenters. The van der Waals surface area contributed by atoms with Gasteiger partial charge in [-0.25, -0.2) is 12.8 Å². The van der Waals surface area contributed by atoms with Gasteiger partial charge in [0.05, 0.1) is 15.5 Å². The number of aryl methyl sites for hydroxylation is 1. The fraction of sp³-hybridized carbons (Fsp3) is 0.429. The van der Waals surface area contributed by atoms with E-state index in [1.165, 1.54) is 6.07 Å². The fourth-order valence-corrected chi connectivity index (χ4v) is 4.50. The van der Waals surface area contributed by atoms with E-state index in [0.29, 0.717) is 24.6 Å². The topological polar surface area (TPSA) is 85.1 Å². The number of sulfonamides is 1. The minimum absolute atomic E-state index is 0.101. The Morgan fingerprint density at radius 3 is 2.61 bits per heavy atom. The lowest BCUT2D eigenvalue weighted by Crippen LogP contribution is -2.44. The zero-order valence-electron chi connectivity index (χ0n) is 12.3. The Morgan fingerprint density at radius 1 is 1.35 bits per heavy atom. The molecular formula is C14H15ClFN3O3S. The smallest absolute Gasteiger partial charge is 0.241 e. The van der Waals surface area contributed by atoms with E-state index >= 15 is 0 Å². The van der Waals surface area contributed by atoms with Crippen LogP contribution in [0.5, 0.6) is 0 Å². The molecule has 124 valence electrons. The molecule has 1 aromatic heterocycles. The molecule has 1 aliphatic carbocycles. The summed E-state index contributed by atoms with van der Waals surface area (Å²) in [5, 5.41) is 3.63. The largest absolute Gasteiger partial charge is 0.340 e. The maximum absolute atomic E-state index is 13.3. The Balaban J connectivity index is 1.98. The summed E-state index contributed by atoms with van der Waals surface area (Å²) in [5.74, 6) is 0.0228. The first kappa shape index (κ1) is 16.4. The summed E-state index contributed by atoms with van der Waals surface area (Å²) in [5.41, 5.74) is -0.905. The van der Waals surface area contributed by atoms with Gasteiger partial charge in [-0.2, -0.15) is 9.71 Å². The fourth-order valence-electron chi connectivity index (χ4n) is 2.80. The van der Waals surface area contributed by atoms with Gasteiger partial charge in [0.2, 0.25) is 15.9 Å². The average Bonchev–Trinajstić information content (AvgIpc) is 3.11. The molecule has 23 heavy (non-hydrogen) atoms. The molecule has 2 aromatic rings. The van der Waals surface area contributed by atoms with Crippen molar-refractivity contribution in [3.8, 4) is 0 Å². The van der Waals surface area contributed by atoms with Gasteiger partial charge in [0.1, 0.15) is 5.82 Å². The third-order valence-corrected chi connectivity index (χ3v) is 5.77. The van der Waals surface area contributed by atoms with Gasteiger partial charge >= 0.3 is 0 Å². The molecule has 3 rings (SSSR count). The van der Waals surface area contributed by atoms with Crippen LogP contribution in [0, 0.1) is 12.7 Å². The van der Waals surface area contributed by atoms with E-state index < -0.39 is 21.4 Å². The first-order chi connectivity index (χ1) is 10.8. The predicted molar refractivity (Wildman–Crippen MR) is 80.9 cm³/mol. The van der Waals surface area contributed by atoms with E-state index in [1.54, 1.807) is 6.92 Å². The van der Waals surface area contributed by atoms with Crippen LogP contribution in [0.15, 0.2) is 27.6 Å². The zero-order chi connectivity index (χ0) is 16.7. The van der Waals surface area contributed by atoms with Crippen LogP contribution in [-0.4, -0.2) is 18.6 Å². The van der Waals surface area contributed by atoms with Gasteiger partial charge in [0.15, 0.2) is 5.82 Å². The summed E-state index contributed by atoms with van der Waals surface area (Å²) in [7, 11) is -3.90. The van der Waals surface area contributed by atoms with E-state index in [2.05, 4.69) is 14.9 Å². The Labute approximate surface area is 138 Å². The normalized spacial score (nSPS) is 17.5. The van der Waals surface area contributed by atoms with Crippen molar-refractivity contribution < 1.29 is 17.3 Å². The molecule has 0 saturated heterocycles. The first-order valence-electron chi connectivity index (χ1n) is 7.12. The van der Waals surface area contributed by atoms with Crippen molar-refractivity contribution in [3.05, 3.63) is 40.8 Å². The van der Waals surface area contributed by atoms with Crippen LogP contribution in [0.25, 0.3) is 0 Å². The average molecular weight is 360 g/mol. The second-order valence-corrected chi connectivity index (χ2v) is 7.70. The molecule has 9 heteroatoms. The van der Waals surface area contributed by atoms with Crippen molar-refractivity contribution in [2.24, 2.45) is 0 Å². The highest BCUT2D eigenvalue weighted by Gasteiger charge is 2.43. The molecule has 0 spiro atoms. The molecule has 6 nitrogen and oxygen atoms in total. The summed E-state index contributed by atoms with van der Waals surface area (Å²) in [6, 6.07) is 3.29. The number of benzene rings is 1. The molecule has 0 atom stereocenters. The standard InChI is InChI=1S/C14H15ClFN3O3S/c1-9-17-13(18-22-9)14(6-2-3-7-14)19-23(20,21)10-4-5-12(16)11(15)8-10/h4-5,8,19H,2-3,6-7H2,1H3. The molecular weight excluding hydrogens is 345 g/mol. The minimum Gasteiger partial charge on any atom is -0.340 e. The second kappa shape index (κ2) is 5.85. The number of nitrogens with zero attached hydrogens (tertiary/aromatic N) is 2. The van der Waals surface area contributed by atoms with E-state index in [4.69, 9.17) is 16.1 Å². The molecule has 0 aliphatic heterocycles. The third kappa shape index (κ3) is 3.11. The predicted octanol–water partition coefficient (Wildman–Crippen LogP) is 2.92. The highest BCUT2D eigenvalue weighted by molar-refractivity contribution is 7.89. The maximum atomic E-state index is 13.3. The van der Waals surface area contributed by atoms with Gasteiger partial charge in [-0.05, 0) is 31.0 Å². The van der Waals surface area contributed by atoms with Gasteiger partial charge in [0, 0.05) is 6.92 Å². The SMILES string of the molecule is Cc1nc(C2(NS(=O)(=O)c3ccc(F)c(Cl)c3)CCCC2)no1. The molecule has 0 bridgehead atoms. The van der Waals surface area contributed by atoms with Crippen molar-refractivity contribution in [1.82, 2.24) is 14.9 Å². The van der Waals surface area contributed by atoms with Crippen molar-refractivity contribution in [3.63, 3.8) is 0 Å². The number of aromatic nitrogens is 2. The summed E-state index contributed by atoms with van der Waals surface area (Å²) in [6.07, 6.45) is 2.83. The second-order valence-electron chi connectivity index (χ2n) is 5.61. The van der Waals surface area contributed by atoms with Crippen LogP contribution in [-0.2, 0) is 15.6 Å². The molecule has 1 heterocycles. The molecule has 1 N–H and O–H groups in total. The Kier molecular flexibility index (Phi) is 4.16. The van der Waals surface area contributed by atoms with Crippen LogP contribution < -0.4 is 4.72 Å². The van der Waals surface area contributed by atoms with Gasteiger partial charge < -0.3 is 4.52 Å². The third-order valence-electron chi connectivity index (χ3n) is 3.94. The van der Waals surface area contributed by atoms with E-state index in [-0.39, 0.29) is 9.92 Å². The Bertz CT molecular complexity index is 832. The van der Waals surface area contributed by atoms with Crippen LogP contribution in [0.3, 0.4) is 0 Å². The van der Waals surface area contributed by atoms with Crippen molar-refractivity contribution in [1.29, 1.82) is 0 Å². The van der Waals surface area contributed by atoms with E-state index in [0.717, 1.165) is 25.0 Å². The van der Waals surface area contributed by atoms with Gasteiger partial charge in [-0.1, -0.05) is 29.6 Å². The van der Waals surface area contributed by atoms with Crippen molar-refractivity contribution >= 4 is 21.6 Å². The minimum atomic E-state index is -3.90. The number of rotatable bonds is 4. The van der Waals surface area contributed by atoms with Crippen LogP contribution in [0.1, 0.15) is 37.4 Å². The summed E-state index contributed by atoms with van der Waals surface area (Å²) >= 11 is 5.68. The summed E-state index contributed by atoms with van der Waals surface area (Å²) < 4.78 is 46.2. The summed E-state index contributed by atoms with van der Waals surface area (Å²) in [4.78, 5) is 4.08. The number of nitrogens with one attached hydrogen (secondary N) is 1. The molecule has 0 amide bonds. The first-order valence-corrected chi connectivity index (χ1v) is 8.98. The molecule has 1 saturated carbocycles. The molecule has 0 radical (unpaired) electrons. The highest BCUT2D eigenvalue weighted by atomic mass is 35.5. The lowest BCUT2D eigenvalue weighted by molar-refractivity contribution is 0.338. The Morgan fingerprint density at radius 2 is 2.04 bits per heavy atom. The monoisotopic (exact) mass is 359 g/mol. The molecule has 1 fully saturated rings. The quantitative estimate of drug-likeness (QED) is 0.907. The maximum Gasteiger partial charge on any atom is 0.241 e. The van der Waals surface area contributed by atoms with Crippen LogP contribution in [0.4, 0.5) is 4.39 Å². The van der Waals surface area contributed by atoms with Crippen LogP contribution >= 0.6 is 11.6 Å². The number of halogens is 2. The Hall–Kier alpha value is -1.51. The van der Waals surface area contributed by atoms with Crippen molar-refractivity contribution in [2.75, 3.05) is 0 Å². The lowest BCUT2D eigenvalue weighted by Gasteiger charge is -2.26. The van der Waals surface area contributed by atoms with E-state index in [1.807, 2.05) is 0 Å². The number of hydrogen-bond donors (Lipinski definition) is 1. The van der Waals surface area contributed by atoms with Gasteiger partial charge in [0.25, 0.3) is 0 Å². The highest BCUT2D eigenvalue weighted by Crippen LogP contribution is 2.38. The van der Waals surface area contributed by atoms with E-state index in [9.17, 15) is 12.8 Å². The van der Waals surface area contributed by atoms with Crippen LogP contribution in [0.2, 0.25) is 5.02 Å². The van der Waals surface area contributed by atoms with Gasteiger partial charge in [-0.15, -0.1) is 0 Å². The molecule has 1 aliphatic rings. The molecule has 1 aromatic carbocycles. The summed E-state index contributed by atoms with van der Waals surface area (Å²) in [6.45, 7) is 1.65. The lowest BCUT2D eigenvalue weighted by atomic mass is 9.99. The number of hydrogen-bond acceptors (Lipinski definition) is 5.